The molecular weight excluding hydrogens is 553 g/mol. The first kappa shape index (κ1) is 33.8. The standard InChI is InChI=1S/C29H35F3N6O4/c1-6-19(16-33)11-12-20(17-36(4)14-13-23(39)7-2)25-24(26(40)42-5)18(3)37(27(34)38(25)28(35)41)22-10-8-9-21(15-22)29(30,31)32/h6,8-12,15,23,25,34,39H,1,7,13-14,17H2,2-5H3,(H2,35,41)/b19-11+,20-12+,34-27?/t23?,25-/m1/s1. The minimum absolute atomic E-state index is 0.0387. The summed E-state index contributed by atoms with van der Waals surface area (Å²) in [6, 6.07) is 3.58. The zero-order chi connectivity index (χ0) is 31.8. The van der Waals surface area contributed by atoms with E-state index >= 15 is 0 Å². The number of aliphatic hydroxyl groups is 1. The smallest absolute Gasteiger partial charge is 0.416 e. The zero-order valence-electron chi connectivity index (χ0n) is 23.9. The number of aliphatic hydroxyl groups excluding tert-OH is 1. The van der Waals surface area contributed by atoms with Crippen molar-refractivity contribution in [3.05, 3.63) is 77.1 Å². The second-order valence-electron chi connectivity index (χ2n) is 9.58. The lowest BCUT2D eigenvalue weighted by atomic mass is 9.91. The van der Waals surface area contributed by atoms with Gasteiger partial charge in [0.05, 0.1) is 42.0 Å². The molecule has 42 heavy (non-hydrogen) atoms. The van der Waals surface area contributed by atoms with Gasteiger partial charge >= 0.3 is 18.2 Å². The van der Waals surface area contributed by atoms with Crippen LogP contribution >= 0.6 is 0 Å². The molecule has 2 rings (SSSR count). The average Bonchev–Trinajstić information content (AvgIpc) is 2.94. The normalized spacial score (nSPS) is 17.3. The van der Waals surface area contributed by atoms with Crippen LogP contribution in [0.5, 0.6) is 0 Å². The summed E-state index contributed by atoms with van der Waals surface area (Å²) >= 11 is 0. The van der Waals surface area contributed by atoms with E-state index in [1.54, 1.807) is 7.05 Å². The number of hydrogen-bond acceptors (Lipinski definition) is 7. The first-order valence-corrected chi connectivity index (χ1v) is 12.9. The van der Waals surface area contributed by atoms with Crippen molar-refractivity contribution in [2.24, 2.45) is 5.73 Å². The number of alkyl halides is 3. The summed E-state index contributed by atoms with van der Waals surface area (Å²) in [5, 5.41) is 28.3. The lowest BCUT2D eigenvalue weighted by Crippen LogP contribution is -2.60. The van der Waals surface area contributed by atoms with Crippen LogP contribution in [0.2, 0.25) is 0 Å². The van der Waals surface area contributed by atoms with Gasteiger partial charge in [0.2, 0.25) is 5.96 Å². The zero-order valence-corrected chi connectivity index (χ0v) is 23.9. The number of anilines is 1. The van der Waals surface area contributed by atoms with Crippen LogP contribution in [0.3, 0.4) is 0 Å². The molecule has 0 bridgehead atoms. The van der Waals surface area contributed by atoms with E-state index in [1.165, 1.54) is 31.2 Å². The Morgan fingerprint density at radius 1 is 1.36 bits per heavy atom. The Morgan fingerprint density at radius 2 is 2.02 bits per heavy atom. The molecule has 0 aromatic heterocycles. The Kier molecular flexibility index (Phi) is 11.6. The van der Waals surface area contributed by atoms with Gasteiger partial charge in [-0.2, -0.15) is 18.4 Å². The molecule has 1 unspecified atom stereocenters. The Labute approximate surface area is 242 Å². The first-order valence-electron chi connectivity index (χ1n) is 12.9. The quantitative estimate of drug-likeness (QED) is 0.198. The van der Waals surface area contributed by atoms with Gasteiger partial charge in [-0.1, -0.05) is 31.7 Å². The lowest BCUT2D eigenvalue weighted by Gasteiger charge is -2.44. The fraction of sp³-hybridized carbons (Fsp3) is 0.379. The second-order valence-corrected chi connectivity index (χ2v) is 9.58. The number of carbonyl (C=O) groups excluding carboxylic acids is 2. The SMILES string of the molecule is C=C/C(C#N)=C\C=C(/CN(C)CCC(O)CC)[C@@H]1C(C(=O)OC)=C(C)N(c2cccc(C(F)(F)F)c2)C(=N)N1C(N)=O. The monoisotopic (exact) mass is 588 g/mol. The number of amides is 2. The van der Waals surface area contributed by atoms with Crippen molar-refractivity contribution in [3.63, 3.8) is 0 Å². The molecule has 2 amide bonds. The maximum absolute atomic E-state index is 13.5. The van der Waals surface area contributed by atoms with Crippen molar-refractivity contribution in [3.8, 4) is 6.07 Å². The molecule has 0 fully saturated rings. The van der Waals surface area contributed by atoms with Crippen molar-refractivity contribution in [2.45, 2.75) is 45.0 Å². The van der Waals surface area contributed by atoms with Crippen LogP contribution < -0.4 is 10.6 Å². The number of benzene rings is 1. The third kappa shape index (κ3) is 7.86. The van der Waals surface area contributed by atoms with Gasteiger partial charge in [0.25, 0.3) is 0 Å². The van der Waals surface area contributed by atoms with Gasteiger partial charge < -0.3 is 20.5 Å². The summed E-state index contributed by atoms with van der Waals surface area (Å²) in [6.07, 6.45) is -0.0513. The van der Waals surface area contributed by atoms with Crippen LogP contribution in [0, 0.1) is 16.7 Å². The van der Waals surface area contributed by atoms with Gasteiger partial charge in [-0.25, -0.2) is 9.59 Å². The Hall–Kier alpha value is -4.41. The van der Waals surface area contributed by atoms with Gasteiger partial charge in [0, 0.05) is 24.5 Å². The maximum atomic E-state index is 13.5. The summed E-state index contributed by atoms with van der Waals surface area (Å²) in [4.78, 5) is 29.8. The predicted molar refractivity (Wildman–Crippen MR) is 152 cm³/mol. The molecule has 0 saturated heterocycles. The van der Waals surface area contributed by atoms with Crippen LogP contribution in [0.25, 0.3) is 0 Å². The van der Waals surface area contributed by atoms with Gasteiger partial charge in [-0.15, -0.1) is 0 Å². The molecule has 226 valence electrons. The summed E-state index contributed by atoms with van der Waals surface area (Å²) < 4.78 is 45.6. The number of esters is 1. The number of likely N-dealkylation sites (N-methyl/N-ethyl adjacent to an activating group) is 1. The highest BCUT2D eigenvalue weighted by Crippen LogP contribution is 2.37. The summed E-state index contributed by atoms with van der Waals surface area (Å²) in [5.74, 6) is -1.50. The number of rotatable bonds is 11. The molecule has 10 nitrogen and oxygen atoms in total. The average molecular weight is 589 g/mol. The topological polar surface area (TPSA) is 147 Å². The van der Waals surface area contributed by atoms with Gasteiger partial charge in [-0.05, 0) is 56.7 Å². The van der Waals surface area contributed by atoms with Gasteiger partial charge in [0.1, 0.15) is 0 Å². The van der Waals surface area contributed by atoms with E-state index in [9.17, 15) is 33.1 Å². The largest absolute Gasteiger partial charge is 0.466 e. The number of guanidine groups is 1. The second kappa shape index (κ2) is 14.5. The number of nitrogens with zero attached hydrogens (tertiary/aromatic N) is 4. The number of hydrogen-bond donors (Lipinski definition) is 3. The fourth-order valence-corrected chi connectivity index (χ4v) is 4.47. The highest BCUT2D eigenvalue weighted by Gasteiger charge is 2.44. The molecule has 1 heterocycles. The molecule has 1 aliphatic heterocycles. The molecule has 0 aliphatic carbocycles. The first-order chi connectivity index (χ1) is 19.7. The van der Waals surface area contributed by atoms with Crippen molar-refractivity contribution in [2.75, 3.05) is 32.1 Å². The lowest BCUT2D eigenvalue weighted by molar-refractivity contribution is -0.138. The van der Waals surface area contributed by atoms with Crippen LogP contribution in [-0.4, -0.2) is 72.3 Å². The Bertz CT molecular complexity index is 1350. The molecule has 1 aliphatic rings. The van der Waals surface area contributed by atoms with Crippen LogP contribution in [0.4, 0.5) is 23.7 Å². The molecule has 4 N–H and O–H groups in total. The van der Waals surface area contributed by atoms with Crippen LogP contribution in [0.15, 0.2) is 71.5 Å². The van der Waals surface area contributed by atoms with E-state index in [1.807, 2.05) is 17.9 Å². The summed E-state index contributed by atoms with van der Waals surface area (Å²) in [7, 11) is 2.85. The number of carbonyl (C=O) groups is 2. The molecule has 0 saturated carbocycles. The Balaban J connectivity index is 2.85. The van der Waals surface area contributed by atoms with Crippen molar-refractivity contribution in [1.82, 2.24) is 9.80 Å². The van der Waals surface area contributed by atoms with E-state index in [0.29, 0.717) is 25.0 Å². The number of halogens is 3. The van der Waals surface area contributed by atoms with E-state index in [0.717, 1.165) is 35.1 Å². The van der Waals surface area contributed by atoms with E-state index in [2.05, 4.69) is 6.58 Å². The maximum Gasteiger partial charge on any atom is 0.416 e. The minimum atomic E-state index is -4.69. The highest BCUT2D eigenvalue weighted by molar-refractivity contribution is 6.10. The summed E-state index contributed by atoms with van der Waals surface area (Å²) in [6.45, 7) is 7.34. The number of methoxy groups -OCH3 is 1. The molecule has 0 spiro atoms. The molecular formula is C29H35F3N6O4. The third-order valence-corrected chi connectivity index (χ3v) is 6.72. The molecule has 13 heteroatoms. The molecule has 1 aromatic carbocycles. The minimum Gasteiger partial charge on any atom is -0.466 e. The number of primary amides is 1. The van der Waals surface area contributed by atoms with Gasteiger partial charge in [-0.3, -0.25) is 15.2 Å². The molecule has 1 aromatic rings. The van der Waals surface area contributed by atoms with Crippen molar-refractivity contribution < 1.29 is 32.6 Å². The van der Waals surface area contributed by atoms with Crippen molar-refractivity contribution >= 4 is 23.6 Å². The van der Waals surface area contributed by atoms with E-state index < -0.39 is 41.8 Å². The number of ether oxygens (including phenoxy) is 1. The predicted octanol–water partition coefficient (Wildman–Crippen LogP) is 4.31. The third-order valence-electron chi connectivity index (χ3n) is 6.72. The van der Waals surface area contributed by atoms with Crippen LogP contribution in [-0.2, 0) is 15.7 Å². The fourth-order valence-electron chi connectivity index (χ4n) is 4.47. The number of nitrogens with one attached hydrogen (secondary N) is 1. The molecule has 2 atom stereocenters. The van der Waals surface area contributed by atoms with Crippen LogP contribution in [0.1, 0.15) is 32.3 Å². The summed E-state index contributed by atoms with van der Waals surface area (Å²) in [5.41, 5.74) is 5.00. The highest BCUT2D eigenvalue weighted by atomic mass is 19.4. The van der Waals surface area contributed by atoms with Gasteiger partial charge in [0.15, 0.2) is 0 Å². The van der Waals surface area contributed by atoms with E-state index in [-0.39, 0.29) is 29.1 Å². The van der Waals surface area contributed by atoms with Crippen molar-refractivity contribution in [1.29, 1.82) is 10.7 Å². The number of nitriles is 1. The van der Waals surface area contributed by atoms with E-state index in [4.69, 9.17) is 15.9 Å². The number of urea groups is 1. The number of nitrogens with two attached hydrogens (primary N) is 1. The number of allylic oxidation sites excluding steroid dienone is 5. The molecule has 0 radical (unpaired) electrons. The Morgan fingerprint density at radius 3 is 2.55 bits per heavy atom.